The van der Waals surface area contributed by atoms with E-state index in [0.29, 0.717) is 49.0 Å². The van der Waals surface area contributed by atoms with Crippen molar-refractivity contribution in [2.75, 3.05) is 19.7 Å². The highest BCUT2D eigenvalue weighted by atomic mass is 16.5. The molecule has 2 aliphatic heterocycles. The quantitative estimate of drug-likeness (QED) is 0.794. The van der Waals surface area contributed by atoms with Crippen molar-refractivity contribution in [1.82, 2.24) is 20.0 Å². The van der Waals surface area contributed by atoms with Crippen LogP contribution in [0.25, 0.3) is 0 Å². The Morgan fingerprint density at radius 3 is 3.00 bits per heavy atom. The first kappa shape index (κ1) is 17.9. The zero-order valence-corrected chi connectivity index (χ0v) is 15.7. The summed E-state index contributed by atoms with van der Waals surface area (Å²) in [6, 6.07) is 0. The lowest BCUT2D eigenvalue weighted by atomic mass is 9.84. The van der Waals surface area contributed by atoms with Crippen LogP contribution in [0, 0.1) is 6.92 Å². The molecular formula is C19H24N4O4. The lowest BCUT2D eigenvalue weighted by molar-refractivity contribution is -0.174. The minimum atomic E-state index is -0.337. The zero-order chi connectivity index (χ0) is 18.9. The number of hydrogen-bond acceptors (Lipinski definition) is 7. The molecule has 0 N–H and O–H groups in total. The number of aryl methyl sites for hydroxylation is 2. The minimum absolute atomic E-state index is 0.0145. The van der Waals surface area contributed by atoms with Crippen LogP contribution >= 0.6 is 0 Å². The van der Waals surface area contributed by atoms with Gasteiger partial charge in [-0.2, -0.15) is 0 Å². The van der Waals surface area contributed by atoms with Gasteiger partial charge in [-0.1, -0.05) is 12.1 Å². The van der Waals surface area contributed by atoms with Gasteiger partial charge in [-0.25, -0.2) is 4.98 Å². The van der Waals surface area contributed by atoms with Crippen molar-refractivity contribution in [3.8, 4) is 5.88 Å². The average Bonchev–Trinajstić information content (AvgIpc) is 3.01. The van der Waals surface area contributed by atoms with Crippen molar-refractivity contribution < 1.29 is 18.8 Å². The fraction of sp³-hybridized carbons (Fsp3) is 0.579. The van der Waals surface area contributed by atoms with Crippen LogP contribution in [0.2, 0.25) is 0 Å². The van der Waals surface area contributed by atoms with Gasteiger partial charge >= 0.3 is 0 Å². The molecule has 2 aliphatic rings. The number of amides is 1. The molecule has 0 unspecified atom stereocenters. The smallest absolute Gasteiger partial charge is 0.259 e. The first-order valence-electron chi connectivity index (χ1n) is 9.41. The maximum Gasteiger partial charge on any atom is 0.259 e. The summed E-state index contributed by atoms with van der Waals surface area (Å²) in [5.74, 6) is 1.17. The molecule has 0 bridgehead atoms. The second-order valence-electron chi connectivity index (χ2n) is 7.29. The summed E-state index contributed by atoms with van der Waals surface area (Å²) in [7, 11) is 0. The number of aromatic nitrogens is 3. The van der Waals surface area contributed by atoms with Crippen LogP contribution in [0.1, 0.15) is 48.0 Å². The van der Waals surface area contributed by atoms with Crippen LogP contribution in [-0.4, -0.2) is 57.3 Å². The van der Waals surface area contributed by atoms with Crippen LogP contribution in [0.15, 0.2) is 23.1 Å². The van der Waals surface area contributed by atoms with E-state index in [2.05, 4.69) is 22.0 Å². The second-order valence-corrected chi connectivity index (χ2v) is 7.29. The molecular weight excluding hydrogens is 348 g/mol. The van der Waals surface area contributed by atoms with E-state index in [1.165, 1.54) is 0 Å². The first-order chi connectivity index (χ1) is 13.1. The number of carbonyl (C=O) groups excluding carboxylic acids is 1. The van der Waals surface area contributed by atoms with Gasteiger partial charge in [0.25, 0.3) is 5.91 Å². The maximum absolute atomic E-state index is 12.9. The largest absolute Gasteiger partial charge is 0.473 e. The van der Waals surface area contributed by atoms with Gasteiger partial charge in [0.15, 0.2) is 0 Å². The Kier molecular flexibility index (Phi) is 4.82. The topological polar surface area (TPSA) is 90.6 Å². The lowest BCUT2D eigenvalue weighted by Crippen LogP contribution is -2.67. The molecule has 1 spiro atoms. The number of carbonyl (C=O) groups is 1. The van der Waals surface area contributed by atoms with Crippen molar-refractivity contribution in [2.45, 2.75) is 51.2 Å². The van der Waals surface area contributed by atoms with E-state index in [1.54, 1.807) is 18.6 Å². The Bertz CT molecular complexity index is 801. The number of rotatable bonds is 5. The lowest BCUT2D eigenvalue weighted by Gasteiger charge is -2.52. The van der Waals surface area contributed by atoms with Crippen LogP contribution < -0.4 is 4.74 Å². The third-order valence-corrected chi connectivity index (χ3v) is 5.14. The molecule has 4 heterocycles. The molecule has 1 amide bonds. The Balaban J connectivity index is 1.39. The summed E-state index contributed by atoms with van der Waals surface area (Å²) in [6.07, 6.45) is 8.02. The Morgan fingerprint density at radius 1 is 1.41 bits per heavy atom. The standard InChI is InChI=1S/C19H24N4O4/c1-3-4-15-17(13(2)22-27-15)18(24)23-11-19(12-23)9-14(5-8-25-19)26-16-10-20-6-7-21-16/h6-7,10,14H,3-5,8-9,11-12H2,1-2H3/t14-/m1/s1. The second kappa shape index (κ2) is 7.26. The molecule has 0 saturated carbocycles. The highest BCUT2D eigenvalue weighted by Gasteiger charge is 2.50. The number of ether oxygens (including phenoxy) is 2. The summed E-state index contributed by atoms with van der Waals surface area (Å²) in [6.45, 7) is 5.59. The normalized spacial score (nSPS) is 21.1. The van der Waals surface area contributed by atoms with Crippen LogP contribution in [0.3, 0.4) is 0 Å². The van der Waals surface area contributed by atoms with Crippen LogP contribution in [-0.2, 0) is 11.2 Å². The van der Waals surface area contributed by atoms with Crippen LogP contribution in [0.4, 0.5) is 0 Å². The van der Waals surface area contributed by atoms with Crippen molar-refractivity contribution in [1.29, 1.82) is 0 Å². The molecule has 0 aliphatic carbocycles. The molecule has 2 aromatic heterocycles. The summed E-state index contributed by atoms with van der Waals surface area (Å²) in [5, 5.41) is 3.97. The summed E-state index contributed by atoms with van der Waals surface area (Å²) in [4.78, 5) is 22.9. The number of nitrogens with zero attached hydrogens (tertiary/aromatic N) is 4. The minimum Gasteiger partial charge on any atom is -0.473 e. The van der Waals surface area contributed by atoms with Gasteiger partial charge in [-0.15, -0.1) is 0 Å². The molecule has 0 radical (unpaired) electrons. The maximum atomic E-state index is 12.9. The Morgan fingerprint density at radius 2 is 2.26 bits per heavy atom. The van der Waals surface area contributed by atoms with E-state index in [0.717, 1.165) is 19.3 Å². The van der Waals surface area contributed by atoms with E-state index >= 15 is 0 Å². The molecule has 27 heavy (non-hydrogen) atoms. The molecule has 0 aromatic carbocycles. The van der Waals surface area contributed by atoms with Gasteiger partial charge in [0.05, 0.1) is 31.6 Å². The molecule has 4 rings (SSSR count). The van der Waals surface area contributed by atoms with E-state index < -0.39 is 0 Å². The summed E-state index contributed by atoms with van der Waals surface area (Å²) in [5.41, 5.74) is 0.921. The highest BCUT2D eigenvalue weighted by Crippen LogP contribution is 2.36. The summed E-state index contributed by atoms with van der Waals surface area (Å²) < 4.78 is 17.3. The van der Waals surface area contributed by atoms with Crippen molar-refractivity contribution >= 4 is 5.91 Å². The predicted molar refractivity (Wildman–Crippen MR) is 95.5 cm³/mol. The third-order valence-electron chi connectivity index (χ3n) is 5.14. The predicted octanol–water partition coefficient (Wildman–Crippen LogP) is 2.18. The monoisotopic (exact) mass is 372 g/mol. The molecule has 1 atom stereocenters. The highest BCUT2D eigenvalue weighted by molar-refractivity contribution is 5.96. The van der Waals surface area contributed by atoms with Crippen molar-refractivity contribution in [3.05, 3.63) is 35.6 Å². The van der Waals surface area contributed by atoms with Gasteiger partial charge in [0.1, 0.15) is 23.0 Å². The van der Waals surface area contributed by atoms with Gasteiger partial charge in [-0.3, -0.25) is 9.78 Å². The fourth-order valence-corrected chi connectivity index (χ4v) is 3.86. The molecule has 2 fully saturated rings. The van der Waals surface area contributed by atoms with Crippen LogP contribution in [0.5, 0.6) is 5.88 Å². The SMILES string of the molecule is CCCc1onc(C)c1C(=O)N1CC2(C[C@H](Oc3cnccn3)CCO2)C1. The zero-order valence-electron chi connectivity index (χ0n) is 15.7. The van der Waals surface area contributed by atoms with Crippen molar-refractivity contribution in [3.63, 3.8) is 0 Å². The average molecular weight is 372 g/mol. The summed E-state index contributed by atoms with van der Waals surface area (Å²) >= 11 is 0. The van der Waals surface area contributed by atoms with Crippen molar-refractivity contribution in [2.24, 2.45) is 0 Å². The molecule has 2 aromatic rings. The van der Waals surface area contributed by atoms with Gasteiger partial charge in [0, 0.05) is 31.7 Å². The van der Waals surface area contributed by atoms with Gasteiger partial charge in [-0.05, 0) is 13.3 Å². The van der Waals surface area contributed by atoms with E-state index in [1.807, 2.05) is 11.8 Å². The fourth-order valence-electron chi connectivity index (χ4n) is 3.86. The Labute approximate surface area is 157 Å². The molecule has 144 valence electrons. The van der Waals surface area contributed by atoms with E-state index in [9.17, 15) is 4.79 Å². The number of hydrogen-bond donors (Lipinski definition) is 0. The number of likely N-dealkylation sites (tertiary alicyclic amines) is 1. The molecule has 8 nitrogen and oxygen atoms in total. The van der Waals surface area contributed by atoms with Gasteiger partial charge in [0.2, 0.25) is 5.88 Å². The molecule has 2 saturated heterocycles. The van der Waals surface area contributed by atoms with Gasteiger partial charge < -0.3 is 18.9 Å². The van der Waals surface area contributed by atoms with E-state index in [4.69, 9.17) is 14.0 Å². The van der Waals surface area contributed by atoms with E-state index in [-0.39, 0.29) is 17.6 Å². The Hall–Kier alpha value is -2.48. The third kappa shape index (κ3) is 3.53. The first-order valence-corrected chi connectivity index (χ1v) is 9.41. The molecule has 8 heteroatoms.